The highest BCUT2D eigenvalue weighted by molar-refractivity contribution is 5.71. The highest BCUT2D eigenvalue weighted by Crippen LogP contribution is 1.98. The second-order valence-electron chi connectivity index (χ2n) is 2.16. The summed E-state index contributed by atoms with van der Waals surface area (Å²) in [5, 5.41) is 8.19. The second-order valence-corrected chi connectivity index (χ2v) is 2.16. The summed E-state index contributed by atoms with van der Waals surface area (Å²) in [6, 6.07) is 1.69. The molecule has 1 atom stereocenters. The average Bonchev–Trinajstić information content (AvgIpc) is 2.05. The SMILES string of the molecule is CCOC(COC)OC(=O)CC#N. The van der Waals surface area contributed by atoms with Crippen molar-refractivity contribution in [2.45, 2.75) is 19.6 Å². The van der Waals surface area contributed by atoms with Gasteiger partial charge in [-0.3, -0.25) is 4.79 Å². The van der Waals surface area contributed by atoms with Crippen molar-refractivity contribution in [3.63, 3.8) is 0 Å². The van der Waals surface area contributed by atoms with Crippen LogP contribution in [-0.2, 0) is 19.0 Å². The molecule has 0 aromatic carbocycles. The highest BCUT2D eigenvalue weighted by Gasteiger charge is 2.13. The molecule has 0 amide bonds. The van der Waals surface area contributed by atoms with Crippen LogP contribution in [-0.4, -0.2) is 32.6 Å². The lowest BCUT2D eigenvalue weighted by atomic mass is 10.5. The zero-order valence-electron chi connectivity index (χ0n) is 7.78. The van der Waals surface area contributed by atoms with Gasteiger partial charge in [0.25, 0.3) is 0 Å². The van der Waals surface area contributed by atoms with Gasteiger partial charge in [0.2, 0.25) is 6.29 Å². The van der Waals surface area contributed by atoms with Crippen LogP contribution in [0.4, 0.5) is 0 Å². The number of ether oxygens (including phenoxy) is 3. The molecule has 0 aliphatic carbocycles. The Balaban J connectivity index is 3.80. The molecule has 0 saturated heterocycles. The minimum absolute atomic E-state index is 0.172. The fourth-order valence-corrected chi connectivity index (χ4v) is 0.691. The van der Waals surface area contributed by atoms with Crippen LogP contribution < -0.4 is 0 Å². The van der Waals surface area contributed by atoms with E-state index in [1.807, 2.05) is 0 Å². The van der Waals surface area contributed by atoms with Gasteiger partial charge in [0.05, 0.1) is 6.07 Å². The predicted molar refractivity (Wildman–Crippen MR) is 43.6 cm³/mol. The van der Waals surface area contributed by atoms with Crippen molar-refractivity contribution in [3.8, 4) is 6.07 Å². The number of rotatable bonds is 6. The number of carbonyl (C=O) groups is 1. The Morgan fingerprint density at radius 1 is 1.62 bits per heavy atom. The Morgan fingerprint density at radius 3 is 2.77 bits per heavy atom. The normalized spacial score (nSPS) is 11.8. The Kier molecular flexibility index (Phi) is 6.88. The fourth-order valence-electron chi connectivity index (χ4n) is 0.691. The van der Waals surface area contributed by atoms with E-state index < -0.39 is 12.3 Å². The molecule has 0 aromatic rings. The predicted octanol–water partition coefficient (Wildman–Crippen LogP) is 0.452. The molecule has 0 rings (SSSR count). The van der Waals surface area contributed by atoms with E-state index >= 15 is 0 Å². The van der Waals surface area contributed by atoms with Crippen LogP contribution in [0.25, 0.3) is 0 Å². The minimum atomic E-state index is -0.712. The van der Waals surface area contributed by atoms with Crippen LogP contribution in [0.15, 0.2) is 0 Å². The van der Waals surface area contributed by atoms with Crippen LogP contribution in [0.5, 0.6) is 0 Å². The second kappa shape index (κ2) is 7.53. The lowest BCUT2D eigenvalue weighted by molar-refractivity contribution is -0.186. The zero-order valence-corrected chi connectivity index (χ0v) is 7.78. The largest absolute Gasteiger partial charge is 0.432 e. The van der Waals surface area contributed by atoms with Crippen molar-refractivity contribution in [2.75, 3.05) is 20.3 Å². The molecule has 0 aliphatic rings. The Hall–Kier alpha value is -1.12. The smallest absolute Gasteiger partial charge is 0.322 e. The molecule has 0 aliphatic heterocycles. The first kappa shape index (κ1) is 11.9. The van der Waals surface area contributed by atoms with Crippen molar-refractivity contribution in [2.24, 2.45) is 0 Å². The van der Waals surface area contributed by atoms with Gasteiger partial charge >= 0.3 is 5.97 Å². The number of carbonyl (C=O) groups excluding carboxylic acids is 1. The van der Waals surface area contributed by atoms with Gasteiger partial charge in [-0.05, 0) is 6.92 Å². The van der Waals surface area contributed by atoms with Crippen molar-refractivity contribution in [1.82, 2.24) is 0 Å². The molecule has 0 aromatic heterocycles. The summed E-state index contributed by atoms with van der Waals surface area (Å²) in [6.45, 7) is 2.37. The van der Waals surface area contributed by atoms with Crippen LogP contribution in [0.3, 0.4) is 0 Å². The van der Waals surface area contributed by atoms with Gasteiger partial charge in [-0.15, -0.1) is 0 Å². The number of nitrogens with zero attached hydrogens (tertiary/aromatic N) is 1. The third-order valence-electron chi connectivity index (χ3n) is 1.14. The summed E-state index contributed by atoms with van der Waals surface area (Å²) in [5.41, 5.74) is 0. The molecule has 0 fully saturated rings. The molecule has 0 bridgehead atoms. The molecule has 5 nitrogen and oxygen atoms in total. The lowest BCUT2D eigenvalue weighted by Gasteiger charge is -2.15. The molecule has 5 heteroatoms. The average molecular weight is 187 g/mol. The monoisotopic (exact) mass is 187 g/mol. The molecule has 74 valence electrons. The third-order valence-corrected chi connectivity index (χ3v) is 1.14. The Labute approximate surface area is 77.2 Å². The molecular formula is C8H13NO4. The zero-order chi connectivity index (χ0) is 10.1. The van der Waals surface area contributed by atoms with Crippen LogP contribution in [0.2, 0.25) is 0 Å². The van der Waals surface area contributed by atoms with Crippen molar-refractivity contribution in [1.29, 1.82) is 5.26 Å². The summed E-state index contributed by atoms with van der Waals surface area (Å²) in [7, 11) is 1.48. The molecule has 1 unspecified atom stereocenters. The molecule has 0 radical (unpaired) electrons. The Morgan fingerprint density at radius 2 is 2.31 bits per heavy atom. The van der Waals surface area contributed by atoms with Gasteiger partial charge in [-0.1, -0.05) is 0 Å². The van der Waals surface area contributed by atoms with E-state index in [1.165, 1.54) is 7.11 Å². The summed E-state index contributed by atoms with van der Waals surface area (Å²) in [6.07, 6.45) is -0.983. The quantitative estimate of drug-likeness (QED) is 0.446. The minimum Gasteiger partial charge on any atom is -0.432 e. The summed E-state index contributed by atoms with van der Waals surface area (Å²) < 4.78 is 14.5. The first-order chi connectivity index (χ1) is 6.24. The number of esters is 1. The summed E-state index contributed by atoms with van der Waals surface area (Å²) in [4.78, 5) is 10.8. The number of methoxy groups -OCH3 is 1. The lowest BCUT2D eigenvalue weighted by Crippen LogP contribution is -2.25. The fraction of sp³-hybridized carbons (Fsp3) is 0.750. The van der Waals surface area contributed by atoms with Crippen LogP contribution >= 0.6 is 0 Å². The van der Waals surface area contributed by atoms with Crippen molar-refractivity contribution < 1.29 is 19.0 Å². The van der Waals surface area contributed by atoms with E-state index in [0.717, 1.165) is 0 Å². The van der Waals surface area contributed by atoms with Gasteiger partial charge in [-0.2, -0.15) is 5.26 Å². The van der Waals surface area contributed by atoms with Gasteiger partial charge in [-0.25, -0.2) is 0 Å². The number of hydrogen-bond acceptors (Lipinski definition) is 5. The molecule has 0 spiro atoms. The standard InChI is InChI=1S/C8H13NO4/c1-3-12-8(6-11-2)13-7(10)4-5-9/h8H,3-4,6H2,1-2H3. The van der Waals surface area contributed by atoms with Gasteiger partial charge in [0.15, 0.2) is 0 Å². The Bertz CT molecular complexity index is 181. The maximum atomic E-state index is 10.8. The maximum Gasteiger partial charge on any atom is 0.322 e. The highest BCUT2D eigenvalue weighted by atomic mass is 16.7. The third kappa shape index (κ3) is 6.08. The van der Waals surface area contributed by atoms with Crippen molar-refractivity contribution >= 4 is 5.97 Å². The summed E-state index contributed by atoms with van der Waals surface area (Å²) in [5.74, 6) is -0.599. The molecule has 0 heterocycles. The number of hydrogen-bond donors (Lipinski definition) is 0. The van der Waals surface area contributed by atoms with E-state index in [9.17, 15) is 4.79 Å². The van der Waals surface area contributed by atoms with Crippen LogP contribution in [0.1, 0.15) is 13.3 Å². The molecule has 0 N–H and O–H groups in total. The molecular weight excluding hydrogens is 174 g/mol. The topological polar surface area (TPSA) is 68.6 Å². The van der Waals surface area contributed by atoms with E-state index in [1.54, 1.807) is 13.0 Å². The van der Waals surface area contributed by atoms with Crippen LogP contribution in [0, 0.1) is 11.3 Å². The van der Waals surface area contributed by atoms with Gasteiger partial charge in [0.1, 0.15) is 13.0 Å². The number of nitriles is 1. The van der Waals surface area contributed by atoms with E-state index in [4.69, 9.17) is 19.5 Å². The van der Waals surface area contributed by atoms with Crippen molar-refractivity contribution in [3.05, 3.63) is 0 Å². The van der Waals surface area contributed by atoms with E-state index in [-0.39, 0.29) is 13.0 Å². The molecule has 0 saturated carbocycles. The summed E-state index contributed by atoms with van der Waals surface area (Å²) >= 11 is 0. The molecule has 13 heavy (non-hydrogen) atoms. The van der Waals surface area contributed by atoms with E-state index in [2.05, 4.69) is 0 Å². The van der Waals surface area contributed by atoms with Gasteiger partial charge < -0.3 is 14.2 Å². The first-order valence-corrected chi connectivity index (χ1v) is 3.91. The maximum absolute atomic E-state index is 10.8. The van der Waals surface area contributed by atoms with Gasteiger partial charge in [0, 0.05) is 13.7 Å². The first-order valence-electron chi connectivity index (χ1n) is 3.91. The van der Waals surface area contributed by atoms with E-state index in [0.29, 0.717) is 6.61 Å².